The van der Waals surface area contributed by atoms with Crippen LogP contribution in [0.2, 0.25) is 0 Å². The highest BCUT2D eigenvalue weighted by Gasteiger charge is 2.21. The van der Waals surface area contributed by atoms with Crippen LogP contribution < -0.4 is 0 Å². The zero-order valence-electron chi connectivity index (χ0n) is 10.9. The lowest BCUT2D eigenvalue weighted by Gasteiger charge is -2.19. The number of fused-ring (bicyclic) bond motifs is 1. The van der Waals surface area contributed by atoms with Crippen molar-refractivity contribution in [3.05, 3.63) is 29.7 Å². The minimum atomic E-state index is -0.135. The van der Waals surface area contributed by atoms with E-state index in [4.69, 9.17) is 4.84 Å². The molecule has 0 radical (unpaired) electrons. The Balaban J connectivity index is 1.93. The predicted molar refractivity (Wildman–Crippen MR) is 68.6 cm³/mol. The van der Waals surface area contributed by atoms with Crippen LogP contribution in [0.1, 0.15) is 35.3 Å². The highest BCUT2D eigenvalue weighted by atomic mass is 16.7. The van der Waals surface area contributed by atoms with Gasteiger partial charge in [0, 0.05) is 18.8 Å². The Hall–Kier alpha value is -1.95. The zero-order valence-corrected chi connectivity index (χ0v) is 10.9. The van der Waals surface area contributed by atoms with Crippen molar-refractivity contribution in [3.8, 4) is 0 Å². The van der Waals surface area contributed by atoms with Gasteiger partial charge in [-0.3, -0.25) is 9.63 Å². The predicted octanol–water partition coefficient (Wildman–Crippen LogP) is 1.60. The molecule has 0 atom stereocenters. The van der Waals surface area contributed by atoms with Crippen molar-refractivity contribution >= 4 is 11.6 Å². The van der Waals surface area contributed by atoms with E-state index < -0.39 is 0 Å². The molecule has 2 aromatic rings. The third-order valence-corrected chi connectivity index (χ3v) is 3.28. The molecule has 19 heavy (non-hydrogen) atoms. The summed E-state index contributed by atoms with van der Waals surface area (Å²) in [5.41, 5.74) is 1.98. The van der Waals surface area contributed by atoms with E-state index in [-0.39, 0.29) is 5.91 Å². The highest BCUT2D eigenvalue weighted by molar-refractivity contribution is 5.94. The number of carbonyl (C=O) groups excluding carboxylic acids is 1. The Morgan fingerprint density at radius 3 is 3.16 bits per heavy atom. The average Bonchev–Trinajstić information content (AvgIpc) is 2.69. The summed E-state index contributed by atoms with van der Waals surface area (Å²) in [7, 11) is 0. The SMILES string of the molecule is Cc1nc2ccnn2cc1C(=O)N1CCCCCO1. The van der Waals surface area contributed by atoms with Crippen LogP contribution in [0.15, 0.2) is 18.5 Å². The molecular formula is C13H16N4O2. The van der Waals surface area contributed by atoms with Gasteiger partial charge in [0.1, 0.15) is 0 Å². The lowest BCUT2D eigenvalue weighted by Crippen LogP contribution is -2.32. The summed E-state index contributed by atoms with van der Waals surface area (Å²) in [4.78, 5) is 22.3. The van der Waals surface area contributed by atoms with Crippen molar-refractivity contribution in [1.82, 2.24) is 19.7 Å². The Morgan fingerprint density at radius 1 is 1.37 bits per heavy atom. The summed E-state index contributed by atoms with van der Waals surface area (Å²) in [6.45, 7) is 3.07. The average molecular weight is 260 g/mol. The molecule has 100 valence electrons. The molecule has 1 aliphatic rings. The van der Waals surface area contributed by atoms with Gasteiger partial charge in [0.15, 0.2) is 5.65 Å². The highest BCUT2D eigenvalue weighted by Crippen LogP contribution is 2.14. The second-order valence-corrected chi connectivity index (χ2v) is 4.68. The Morgan fingerprint density at radius 2 is 2.26 bits per heavy atom. The van der Waals surface area contributed by atoms with Gasteiger partial charge in [0.2, 0.25) is 0 Å². The van der Waals surface area contributed by atoms with E-state index in [2.05, 4.69) is 10.1 Å². The van der Waals surface area contributed by atoms with Gasteiger partial charge < -0.3 is 0 Å². The summed E-state index contributed by atoms with van der Waals surface area (Å²) in [5, 5.41) is 5.56. The van der Waals surface area contributed by atoms with E-state index in [0.29, 0.717) is 24.4 Å². The van der Waals surface area contributed by atoms with Crippen molar-refractivity contribution in [3.63, 3.8) is 0 Å². The van der Waals surface area contributed by atoms with Crippen molar-refractivity contribution < 1.29 is 9.63 Å². The first-order valence-corrected chi connectivity index (χ1v) is 6.51. The molecule has 3 heterocycles. The fourth-order valence-corrected chi connectivity index (χ4v) is 2.22. The molecule has 0 saturated carbocycles. The maximum absolute atomic E-state index is 12.5. The fourth-order valence-electron chi connectivity index (χ4n) is 2.22. The summed E-state index contributed by atoms with van der Waals surface area (Å²) in [6.07, 6.45) is 6.45. The quantitative estimate of drug-likeness (QED) is 0.781. The van der Waals surface area contributed by atoms with E-state index in [9.17, 15) is 4.79 Å². The lowest BCUT2D eigenvalue weighted by atomic mass is 10.2. The van der Waals surface area contributed by atoms with Crippen LogP contribution in [0.4, 0.5) is 0 Å². The molecule has 0 N–H and O–H groups in total. The molecule has 3 rings (SSSR count). The standard InChI is InChI=1S/C13H16N4O2/c1-10-11(9-16-12(15-10)5-6-14-16)13(18)17-7-3-2-4-8-19-17/h5-6,9H,2-4,7-8H2,1H3. The van der Waals surface area contributed by atoms with E-state index >= 15 is 0 Å². The van der Waals surface area contributed by atoms with Crippen LogP contribution in [-0.4, -0.2) is 38.7 Å². The number of aromatic nitrogens is 3. The van der Waals surface area contributed by atoms with Crippen molar-refractivity contribution in [2.45, 2.75) is 26.2 Å². The molecule has 0 bridgehead atoms. The monoisotopic (exact) mass is 260 g/mol. The second kappa shape index (κ2) is 4.97. The minimum absolute atomic E-state index is 0.135. The smallest absolute Gasteiger partial charge is 0.271 e. The van der Waals surface area contributed by atoms with Gasteiger partial charge in [-0.2, -0.15) is 5.10 Å². The van der Waals surface area contributed by atoms with Gasteiger partial charge in [-0.25, -0.2) is 14.6 Å². The van der Waals surface area contributed by atoms with E-state index in [1.165, 1.54) is 5.06 Å². The number of hydrogen-bond donors (Lipinski definition) is 0. The number of carbonyl (C=O) groups is 1. The topological polar surface area (TPSA) is 59.7 Å². The van der Waals surface area contributed by atoms with Crippen LogP contribution in [0, 0.1) is 6.92 Å². The van der Waals surface area contributed by atoms with Crippen molar-refractivity contribution in [2.75, 3.05) is 13.2 Å². The molecule has 6 heteroatoms. The summed E-state index contributed by atoms with van der Waals surface area (Å²) in [5.74, 6) is -0.135. The maximum Gasteiger partial charge on any atom is 0.280 e. The second-order valence-electron chi connectivity index (χ2n) is 4.68. The largest absolute Gasteiger partial charge is 0.280 e. The molecule has 1 aliphatic heterocycles. The third kappa shape index (κ3) is 2.31. The Labute approximate surface area is 110 Å². The molecule has 0 spiro atoms. The Bertz CT molecular complexity index is 600. The Kier molecular flexibility index (Phi) is 3.16. The zero-order chi connectivity index (χ0) is 13.2. The molecular weight excluding hydrogens is 244 g/mol. The first kappa shape index (κ1) is 12.1. The summed E-state index contributed by atoms with van der Waals surface area (Å²) in [6, 6.07) is 1.81. The van der Waals surface area contributed by atoms with Gasteiger partial charge in [-0.05, 0) is 26.2 Å². The van der Waals surface area contributed by atoms with E-state index in [1.54, 1.807) is 16.9 Å². The van der Waals surface area contributed by atoms with Crippen LogP contribution in [0.3, 0.4) is 0 Å². The van der Waals surface area contributed by atoms with Gasteiger partial charge in [-0.15, -0.1) is 0 Å². The summed E-state index contributed by atoms with van der Waals surface area (Å²) < 4.78 is 1.61. The third-order valence-electron chi connectivity index (χ3n) is 3.28. The van der Waals surface area contributed by atoms with E-state index in [1.807, 2.05) is 13.0 Å². The molecule has 0 unspecified atom stereocenters. The van der Waals surface area contributed by atoms with E-state index in [0.717, 1.165) is 24.9 Å². The molecule has 1 amide bonds. The van der Waals surface area contributed by atoms with Crippen LogP contribution in [0.5, 0.6) is 0 Å². The van der Waals surface area contributed by atoms with Gasteiger partial charge in [-0.1, -0.05) is 0 Å². The number of hydrogen-bond acceptors (Lipinski definition) is 4. The van der Waals surface area contributed by atoms with Crippen LogP contribution >= 0.6 is 0 Å². The molecule has 6 nitrogen and oxygen atoms in total. The summed E-state index contributed by atoms with van der Waals surface area (Å²) >= 11 is 0. The number of rotatable bonds is 1. The first-order chi connectivity index (χ1) is 9.25. The normalized spacial score (nSPS) is 16.6. The molecule has 1 saturated heterocycles. The minimum Gasteiger partial charge on any atom is -0.271 e. The molecule has 0 aliphatic carbocycles. The van der Waals surface area contributed by atoms with Gasteiger partial charge in [0.05, 0.1) is 24.1 Å². The number of hydroxylamine groups is 2. The molecule has 0 aromatic carbocycles. The van der Waals surface area contributed by atoms with Crippen molar-refractivity contribution in [1.29, 1.82) is 0 Å². The number of amides is 1. The number of aryl methyl sites for hydroxylation is 1. The molecule has 1 fully saturated rings. The maximum atomic E-state index is 12.5. The fraction of sp³-hybridized carbons (Fsp3) is 0.462. The van der Waals surface area contributed by atoms with Gasteiger partial charge >= 0.3 is 0 Å². The van der Waals surface area contributed by atoms with Gasteiger partial charge in [0.25, 0.3) is 5.91 Å². The van der Waals surface area contributed by atoms with Crippen LogP contribution in [0.25, 0.3) is 5.65 Å². The lowest BCUT2D eigenvalue weighted by molar-refractivity contribution is -0.115. The first-order valence-electron chi connectivity index (χ1n) is 6.51. The van der Waals surface area contributed by atoms with Crippen molar-refractivity contribution in [2.24, 2.45) is 0 Å². The molecule has 2 aromatic heterocycles. The number of nitrogens with zero attached hydrogens (tertiary/aromatic N) is 4. The van der Waals surface area contributed by atoms with Crippen LogP contribution in [-0.2, 0) is 4.84 Å².